The Morgan fingerprint density at radius 1 is 1.47 bits per heavy atom. The maximum atomic E-state index is 6.28. The summed E-state index contributed by atoms with van der Waals surface area (Å²) < 4.78 is 5.33. The number of methoxy groups -OCH3 is 1. The van der Waals surface area contributed by atoms with E-state index in [1.807, 2.05) is 0 Å². The van der Waals surface area contributed by atoms with Crippen LogP contribution in [0.15, 0.2) is 0 Å². The van der Waals surface area contributed by atoms with Crippen LogP contribution in [0, 0.1) is 0 Å². The second kappa shape index (κ2) is 6.53. The molecule has 2 fully saturated rings. The summed E-state index contributed by atoms with van der Waals surface area (Å²) in [4.78, 5) is 5.32. The third kappa shape index (κ3) is 2.68. The Morgan fingerprint density at radius 2 is 2.26 bits per heavy atom. The summed E-state index contributed by atoms with van der Waals surface area (Å²) in [6, 6.07) is 1.25. The molecule has 4 nitrogen and oxygen atoms in total. The Labute approximate surface area is 118 Å². The number of hydrogen-bond donors (Lipinski definition) is 1. The highest BCUT2D eigenvalue weighted by Gasteiger charge is 2.52. The number of hydrogen-bond acceptors (Lipinski definition) is 4. The fraction of sp³-hybridized carbons (Fsp3) is 1.00. The molecule has 2 rings (SSSR count). The lowest BCUT2D eigenvalue weighted by atomic mass is 9.85. The van der Waals surface area contributed by atoms with Gasteiger partial charge in [-0.05, 0) is 39.2 Å². The number of nitrogens with zero attached hydrogens (tertiary/aromatic N) is 2. The van der Waals surface area contributed by atoms with E-state index in [1.54, 1.807) is 7.11 Å². The monoisotopic (exact) mass is 269 g/mol. The molecule has 4 heteroatoms. The van der Waals surface area contributed by atoms with Gasteiger partial charge in [0.25, 0.3) is 0 Å². The Morgan fingerprint density at radius 3 is 2.89 bits per heavy atom. The van der Waals surface area contributed by atoms with E-state index >= 15 is 0 Å². The van der Waals surface area contributed by atoms with Crippen LogP contribution in [-0.4, -0.2) is 67.3 Å². The van der Waals surface area contributed by atoms with E-state index in [4.69, 9.17) is 10.5 Å². The molecule has 112 valence electrons. The molecule has 2 saturated heterocycles. The van der Waals surface area contributed by atoms with Gasteiger partial charge in [-0.2, -0.15) is 0 Å². The van der Waals surface area contributed by atoms with E-state index in [0.717, 1.165) is 19.7 Å². The molecule has 2 N–H and O–H groups in total. The molecule has 0 amide bonds. The molecule has 2 heterocycles. The molecule has 3 atom stereocenters. The molecular formula is C15H31N3O. The van der Waals surface area contributed by atoms with Gasteiger partial charge in [-0.15, -0.1) is 0 Å². The first kappa shape index (κ1) is 15.2. The van der Waals surface area contributed by atoms with Crippen LogP contribution < -0.4 is 5.73 Å². The largest absolute Gasteiger partial charge is 0.383 e. The highest BCUT2D eigenvalue weighted by Crippen LogP contribution is 2.40. The minimum absolute atomic E-state index is 0.185. The van der Waals surface area contributed by atoms with Gasteiger partial charge in [-0.25, -0.2) is 0 Å². The van der Waals surface area contributed by atoms with Crippen molar-refractivity contribution in [2.24, 2.45) is 5.73 Å². The zero-order chi connectivity index (χ0) is 13.9. The van der Waals surface area contributed by atoms with Gasteiger partial charge in [0.2, 0.25) is 0 Å². The lowest BCUT2D eigenvalue weighted by molar-refractivity contribution is 0.0102. The predicted molar refractivity (Wildman–Crippen MR) is 79.3 cm³/mol. The third-order valence-corrected chi connectivity index (χ3v) is 5.40. The summed E-state index contributed by atoms with van der Waals surface area (Å²) in [5.41, 5.74) is 6.47. The Balaban J connectivity index is 2.20. The molecule has 3 unspecified atom stereocenters. The van der Waals surface area contributed by atoms with Crippen LogP contribution in [0.1, 0.15) is 39.5 Å². The van der Waals surface area contributed by atoms with Crippen LogP contribution in [-0.2, 0) is 4.74 Å². The average Bonchev–Trinajstić information content (AvgIpc) is 3.02. The zero-order valence-corrected chi connectivity index (χ0v) is 12.9. The molecule has 0 aliphatic carbocycles. The number of nitrogens with two attached hydrogens (primary N) is 1. The normalized spacial score (nSPS) is 33.0. The van der Waals surface area contributed by atoms with Gasteiger partial charge in [0.15, 0.2) is 0 Å². The van der Waals surface area contributed by atoms with E-state index in [0.29, 0.717) is 12.1 Å². The summed E-state index contributed by atoms with van der Waals surface area (Å²) >= 11 is 0. The van der Waals surface area contributed by atoms with Crippen molar-refractivity contribution in [1.29, 1.82) is 0 Å². The van der Waals surface area contributed by atoms with E-state index in [2.05, 4.69) is 23.6 Å². The quantitative estimate of drug-likeness (QED) is 0.756. The van der Waals surface area contributed by atoms with Gasteiger partial charge in [0.1, 0.15) is 0 Å². The van der Waals surface area contributed by atoms with Crippen molar-refractivity contribution in [2.45, 2.75) is 57.2 Å². The number of ether oxygens (including phenoxy) is 1. The first-order chi connectivity index (χ1) is 9.19. The second-order valence-corrected chi connectivity index (χ2v) is 6.20. The number of rotatable bonds is 7. The maximum absolute atomic E-state index is 6.28. The molecule has 0 aromatic heterocycles. The minimum Gasteiger partial charge on any atom is -0.383 e. The SMILES string of the molecule is CCC(C)N(CCOC)C1(CN)CCN2CCCC21. The molecule has 2 aliphatic rings. The molecular weight excluding hydrogens is 238 g/mol. The first-order valence-corrected chi connectivity index (χ1v) is 7.89. The summed E-state index contributed by atoms with van der Waals surface area (Å²) in [7, 11) is 1.79. The highest BCUT2D eigenvalue weighted by molar-refractivity contribution is 5.10. The first-order valence-electron chi connectivity index (χ1n) is 7.89. The molecule has 0 saturated carbocycles. The fourth-order valence-corrected chi connectivity index (χ4v) is 4.19. The standard InChI is InChI=1S/C15H31N3O/c1-4-13(2)18(10-11-19-3)15(12-16)7-9-17-8-5-6-14(15)17/h13-14H,4-12,16H2,1-3H3. The minimum atomic E-state index is 0.185. The van der Waals surface area contributed by atoms with Crippen LogP contribution >= 0.6 is 0 Å². The Bertz CT molecular complexity index is 287. The zero-order valence-electron chi connectivity index (χ0n) is 12.9. The Kier molecular flexibility index (Phi) is 5.23. The fourth-order valence-electron chi connectivity index (χ4n) is 4.19. The molecule has 0 radical (unpaired) electrons. The summed E-state index contributed by atoms with van der Waals surface area (Å²) in [5.74, 6) is 0. The molecule has 19 heavy (non-hydrogen) atoms. The van der Waals surface area contributed by atoms with E-state index in [1.165, 1.54) is 38.8 Å². The van der Waals surface area contributed by atoms with Crippen molar-refractivity contribution in [3.8, 4) is 0 Å². The van der Waals surface area contributed by atoms with Crippen LogP contribution in [0.2, 0.25) is 0 Å². The molecule has 0 aromatic carbocycles. The molecule has 0 aromatic rings. The smallest absolute Gasteiger partial charge is 0.0590 e. The number of fused-ring (bicyclic) bond motifs is 1. The van der Waals surface area contributed by atoms with Gasteiger partial charge >= 0.3 is 0 Å². The van der Waals surface area contributed by atoms with E-state index in [9.17, 15) is 0 Å². The van der Waals surface area contributed by atoms with Crippen molar-refractivity contribution in [3.63, 3.8) is 0 Å². The van der Waals surface area contributed by atoms with Crippen molar-refractivity contribution < 1.29 is 4.74 Å². The molecule has 0 spiro atoms. The lowest BCUT2D eigenvalue weighted by Crippen LogP contribution is -2.63. The van der Waals surface area contributed by atoms with Gasteiger partial charge in [-0.1, -0.05) is 6.92 Å². The van der Waals surface area contributed by atoms with Gasteiger partial charge in [0.05, 0.1) is 12.1 Å². The van der Waals surface area contributed by atoms with Crippen molar-refractivity contribution in [2.75, 3.05) is 39.9 Å². The van der Waals surface area contributed by atoms with Crippen molar-refractivity contribution in [1.82, 2.24) is 9.80 Å². The summed E-state index contributed by atoms with van der Waals surface area (Å²) in [6.45, 7) is 9.70. The van der Waals surface area contributed by atoms with Gasteiger partial charge in [0, 0.05) is 38.8 Å². The summed E-state index contributed by atoms with van der Waals surface area (Å²) in [6.07, 6.45) is 5.06. The van der Waals surface area contributed by atoms with Crippen LogP contribution in [0.25, 0.3) is 0 Å². The highest BCUT2D eigenvalue weighted by atomic mass is 16.5. The molecule has 0 bridgehead atoms. The van der Waals surface area contributed by atoms with E-state index in [-0.39, 0.29) is 5.54 Å². The third-order valence-electron chi connectivity index (χ3n) is 5.40. The second-order valence-electron chi connectivity index (χ2n) is 6.20. The maximum Gasteiger partial charge on any atom is 0.0590 e. The van der Waals surface area contributed by atoms with Crippen LogP contribution in [0.5, 0.6) is 0 Å². The lowest BCUT2D eigenvalue weighted by Gasteiger charge is -2.47. The molecule has 2 aliphatic heterocycles. The average molecular weight is 269 g/mol. The predicted octanol–water partition coefficient (Wildman–Crippen LogP) is 1.30. The van der Waals surface area contributed by atoms with Crippen molar-refractivity contribution >= 4 is 0 Å². The van der Waals surface area contributed by atoms with Gasteiger partial charge < -0.3 is 10.5 Å². The summed E-state index contributed by atoms with van der Waals surface area (Å²) in [5, 5.41) is 0. The topological polar surface area (TPSA) is 41.7 Å². The van der Waals surface area contributed by atoms with Crippen molar-refractivity contribution in [3.05, 3.63) is 0 Å². The van der Waals surface area contributed by atoms with E-state index < -0.39 is 0 Å². The van der Waals surface area contributed by atoms with Gasteiger partial charge in [-0.3, -0.25) is 9.80 Å². The van der Waals surface area contributed by atoms with Crippen LogP contribution in [0.3, 0.4) is 0 Å². The van der Waals surface area contributed by atoms with Crippen LogP contribution in [0.4, 0.5) is 0 Å². The Hall–Kier alpha value is -0.160.